The summed E-state index contributed by atoms with van der Waals surface area (Å²) >= 11 is 3.38. The maximum Gasteiger partial charge on any atom is 0.167 e. The van der Waals surface area contributed by atoms with E-state index < -0.39 is 0 Å². The lowest BCUT2D eigenvalue weighted by atomic mass is 9.89. The molecule has 0 aromatic heterocycles. The van der Waals surface area contributed by atoms with Gasteiger partial charge in [-0.25, -0.2) is 0 Å². The van der Waals surface area contributed by atoms with E-state index in [1.165, 1.54) is 19.4 Å². The molecule has 5 heteroatoms. The molecule has 0 spiro atoms. The van der Waals surface area contributed by atoms with E-state index in [1.807, 2.05) is 60.7 Å². The van der Waals surface area contributed by atoms with Crippen LogP contribution in [0.5, 0.6) is 11.5 Å². The van der Waals surface area contributed by atoms with Crippen molar-refractivity contribution in [1.82, 2.24) is 4.90 Å². The molecule has 1 N–H and O–H groups in total. The van der Waals surface area contributed by atoms with E-state index in [0.29, 0.717) is 11.5 Å². The van der Waals surface area contributed by atoms with Crippen LogP contribution in [0.1, 0.15) is 36.0 Å². The van der Waals surface area contributed by atoms with Crippen LogP contribution in [-0.2, 0) is 0 Å². The topological polar surface area (TPSA) is 49.8 Å². The number of methoxy groups -OCH3 is 1. The Balaban J connectivity index is 0.000000186. The van der Waals surface area contributed by atoms with Crippen LogP contribution < -0.4 is 4.74 Å². The Labute approximate surface area is 221 Å². The number of ether oxygens (including phenoxy) is 1. The van der Waals surface area contributed by atoms with Gasteiger partial charge in [0.2, 0.25) is 0 Å². The maximum atomic E-state index is 13.0. The Hall–Kier alpha value is -2.89. The summed E-state index contributed by atoms with van der Waals surface area (Å²) in [7, 11) is 1.68. The Morgan fingerprint density at radius 3 is 2.50 bits per heavy atom. The van der Waals surface area contributed by atoms with E-state index in [1.54, 1.807) is 13.2 Å². The molecule has 1 aliphatic heterocycles. The van der Waals surface area contributed by atoms with Gasteiger partial charge in [-0.2, -0.15) is 0 Å². The number of rotatable bonds is 5. The summed E-state index contributed by atoms with van der Waals surface area (Å²) in [6, 6.07) is 23.3. The molecule has 36 heavy (non-hydrogen) atoms. The minimum atomic E-state index is 0.153. The van der Waals surface area contributed by atoms with Gasteiger partial charge < -0.3 is 14.7 Å². The lowest BCUT2D eigenvalue weighted by molar-refractivity contribution is 0.0815. The van der Waals surface area contributed by atoms with Gasteiger partial charge in [0.15, 0.2) is 5.78 Å². The van der Waals surface area contributed by atoms with Crippen LogP contribution in [0.15, 0.2) is 77.3 Å². The SMILES string of the molecule is COc1cccc2cc(C(=O)C3CCCN(CC4CC4)C3)ccc12.Oc1cccc2cc(Br)ccc12. The molecular weight excluding hydrogens is 514 g/mol. The van der Waals surface area contributed by atoms with E-state index in [4.69, 9.17) is 4.74 Å². The van der Waals surface area contributed by atoms with Crippen molar-refractivity contribution in [2.24, 2.45) is 11.8 Å². The van der Waals surface area contributed by atoms with Crippen LogP contribution in [0, 0.1) is 11.8 Å². The lowest BCUT2D eigenvalue weighted by Gasteiger charge is -2.32. The number of ketones is 1. The molecule has 2 aliphatic rings. The maximum absolute atomic E-state index is 13.0. The number of phenols is 1. The number of nitrogens with zero attached hydrogens (tertiary/aromatic N) is 1. The van der Waals surface area contributed by atoms with Gasteiger partial charge in [0, 0.05) is 39.8 Å². The summed E-state index contributed by atoms with van der Waals surface area (Å²) in [5, 5.41) is 13.5. The highest BCUT2D eigenvalue weighted by Crippen LogP contribution is 2.32. The Morgan fingerprint density at radius 2 is 1.72 bits per heavy atom. The van der Waals surface area contributed by atoms with Crippen molar-refractivity contribution in [3.8, 4) is 11.5 Å². The summed E-state index contributed by atoms with van der Waals surface area (Å²) in [6.07, 6.45) is 4.92. The molecule has 0 amide bonds. The zero-order valence-corrected chi connectivity index (χ0v) is 22.2. The fraction of sp³-hybridized carbons (Fsp3) is 0.323. The van der Waals surface area contributed by atoms with Gasteiger partial charge in [-0.05, 0) is 91.4 Å². The number of fused-ring (bicyclic) bond motifs is 2. The van der Waals surface area contributed by atoms with Crippen molar-refractivity contribution in [2.75, 3.05) is 26.7 Å². The average molecular weight is 547 g/mol. The molecule has 1 unspecified atom stereocenters. The van der Waals surface area contributed by atoms with Crippen LogP contribution in [0.25, 0.3) is 21.5 Å². The third-order valence-electron chi connectivity index (χ3n) is 7.25. The molecule has 4 aromatic rings. The molecule has 186 valence electrons. The standard InChI is InChI=1S/C21H25NO2.C10H7BrO/c1-24-20-6-2-4-16-12-17(9-10-19(16)20)21(23)18-5-3-11-22(14-18)13-15-7-8-15;11-8-4-5-9-7(6-8)2-1-3-10(9)12/h2,4,6,9-10,12,15,18H,3,5,7-8,11,13-14H2,1H3;1-6,12H. The van der Waals surface area contributed by atoms with E-state index >= 15 is 0 Å². The second kappa shape index (κ2) is 11.0. The number of hydrogen-bond acceptors (Lipinski definition) is 4. The van der Waals surface area contributed by atoms with Crippen molar-refractivity contribution < 1.29 is 14.6 Å². The third-order valence-corrected chi connectivity index (χ3v) is 7.75. The first-order valence-electron chi connectivity index (χ1n) is 12.7. The molecule has 4 aromatic carbocycles. The summed E-state index contributed by atoms with van der Waals surface area (Å²) in [6.45, 7) is 3.29. The van der Waals surface area contributed by atoms with Crippen molar-refractivity contribution in [2.45, 2.75) is 25.7 Å². The lowest BCUT2D eigenvalue weighted by Crippen LogP contribution is -2.39. The number of aromatic hydroxyl groups is 1. The van der Waals surface area contributed by atoms with Gasteiger partial charge in [-0.3, -0.25) is 4.79 Å². The molecular formula is C31H32BrNO3. The number of phenolic OH excluding ortho intramolecular Hbond substituents is 1. The molecule has 1 atom stereocenters. The first-order valence-corrected chi connectivity index (χ1v) is 13.5. The van der Waals surface area contributed by atoms with Crippen LogP contribution in [0.2, 0.25) is 0 Å². The normalized spacial score (nSPS) is 18.0. The average Bonchev–Trinajstić information content (AvgIpc) is 3.72. The Morgan fingerprint density at radius 1 is 0.972 bits per heavy atom. The molecule has 0 bridgehead atoms. The van der Waals surface area contributed by atoms with Crippen LogP contribution in [-0.4, -0.2) is 42.5 Å². The van der Waals surface area contributed by atoms with Crippen molar-refractivity contribution in [3.63, 3.8) is 0 Å². The number of Topliss-reactive ketones (excluding diaryl/α,β-unsaturated/α-hetero) is 1. The molecule has 4 nitrogen and oxygen atoms in total. The summed E-state index contributed by atoms with van der Waals surface area (Å²) in [5.74, 6) is 2.55. The van der Waals surface area contributed by atoms with Crippen molar-refractivity contribution in [3.05, 3.63) is 82.8 Å². The van der Waals surface area contributed by atoms with Crippen molar-refractivity contribution in [1.29, 1.82) is 0 Å². The van der Waals surface area contributed by atoms with Crippen LogP contribution in [0.4, 0.5) is 0 Å². The summed E-state index contributed by atoms with van der Waals surface area (Å²) in [4.78, 5) is 15.5. The monoisotopic (exact) mass is 545 g/mol. The first kappa shape index (κ1) is 24.8. The minimum absolute atomic E-state index is 0.153. The zero-order valence-electron chi connectivity index (χ0n) is 20.6. The number of carbonyl (C=O) groups is 1. The third kappa shape index (κ3) is 5.74. The highest BCUT2D eigenvalue weighted by Gasteiger charge is 2.30. The van der Waals surface area contributed by atoms with Crippen LogP contribution in [0.3, 0.4) is 0 Å². The number of hydrogen-bond donors (Lipinski definition) is 1. The quantitative estimate of drug-likeness (QED) is 0.264. The smallest absolute Gasteiger partial charge is 0.167 e. The molecule has 1 saturated heterocycles. The molecule has 1 heterocycles. The number of benzene rings is 4. The predicted molar refractivity (Wildman–Crippen MR) is 150 cm³/mol. The highest BCUT2D eigenvalue weighted by atomic mass is 79.9. The van der Waals surface area contributed by atoms with Gasteiger partial charge in [0.1, 0.15) is 11.5 Å². The van der Waals surface area contributed by atoms with Crippen LogP contribution >= 0.6 is 15.9 Å². The largest absolute Gasteiger partial charge is 0.507 e. The Kier molecular flexibility index (Phi) is 7.59. The fourth-order valence-corrected chi connectivity index (χ4v) is 5.54. The van der Waals surface area contributed by atoms with Gasteiger partial charge in [0.05, 0.1) is 7.11 Å². The summed E-state index contributed by atoms with van der Waals surface area (Å²) in [5.41, 5.74) is 0.842. The molecule has 1 saturated carbocycles. The van der Waals surface area contributed by atoms with Gasteiger partial charge >= 0.3 is 0 Å². The molecule has 2 fully saturated rings. The molecule has 1 aliphatic carbocycles. The highest BCUT2D eigenvalue weighted by molar-refractivity contribution is 9.10. The first-order chi connectivity index (χ1) is 17.5. The number of piperidine rings is 1. The van der Waals surface area contributed by atoms with Gasteiger partial charge in [0.25, 0.3) is 0 Å². The van der Waals surface area contributed by atoms with E-state index in [0.717, 1.165) is 69.2 Å². The van der Waals surface area contributed by atoms with E-state index in [2.05, 4.69) is 26.9 Å². The predicted octanol–water partition coefficient (Wildman–Crippen LogP) is 7.46. The number of likely N-dealkylation sites (tertiary alicyclic amines) is 1. The molecule has 6 rings (SSSR count). The zero-order chi connectivity index (χ0) is 25.1. The second-order valence-electron chi connectivity index (χ2n) is 9.95. The number of carbonyl (C=O) groups excluding carboxylic acids is 1. The second-order valence-corrected chi connectivity index (χ2v) is 10.9. The minimum Gasteiger partial charge on any atom is -0.507 e. The summed E-state index contributed by atoms with van der Waals surface area (Å²) < 4.78 is 6.44. The van der Waals surface area contributed by atoms with E-state index in [-0.39, 0.29) is 5.92 Å². The fourth-order valence-electron chi connectivity index (χ4n) is 5.16. The van der Waals surface area contributed by atoms with Crippen molar-refractivity contribution >= 4 is 43.3 Å². The number of halogens is 1. The van der Waals surface area contributed by atoms with Gasteiger partial charge in [-0.15, -0.1) is 0 Å². The molecule has 0 radical (unpaired) electrons. The van der Waals surface area contributed by atoms with Gasteiger partial charge in [-0.1, -0.05) is 46.3 Å². The van der Waals surface area contributed by atoms with E-state index in [9.17, 15) is 9.90 Å². The Bertz CT molecular complexity index is 1380.